The molecule has 2 fully saturated rings. The van der Waals surface area contributed by atoms with E-state index in [1.807, 2.05) is 35.7 Å². The summed E-state index contributed by atoms with van der Waals surface area (Å²) in [7, 11) is 1.75. The average molecular weight is 548 g/mol. The van der Waals surface area contributed by atoms with E-state index in [1.165, 1.54) is 23.1 Å². The van der Waals surface area contributed by atoms with Gasteiger partial charge in [-0.1, -0.05) is 0 Å². The summed E-state index contributed by atoms with van der Waals surface area (Å²) in [5.74, 6) is 0.0844. The molecule has 0 bridgehead atoms. The van der Waals surface area contributed by atoms with Crippen LogP contribution in [-0.2, 0) is 11.2 Å². The van der Waals surface area contributed by atoms with E-state index in [2.05, 4.69) is 23.0 Å². The number of hydrogen-bond acceptors (Lipinski definition) is 4. The SMILES string of the molecule is CC(=O)N1CCCC(N2CC[C@H](Cc3cn(-c4ccc(F)cc4C(=O)N(C)C(C)C)c4cncc(C)c34)C2)CC1. The Morgan fingerprint density at radius 2 is 1.93 bits per heavy atom. The number of halogens is 1. The van der Waals surface area contributed by atoms with Gasteiger partial charge in [0.05, 0.1) is 23.0 Å². The Morgan fingerprint density at radius 3 is 2.67 bits per heavy atom. The van der Waals surface area contributed by atoms with Crippen LogP contribution in [0.2, 0.25) is 0 Å². The Hall–Kier alpha value is -3.26. The third-order valence-electron chi connectivity index (χ3n) is 9.01. The van der Waals surface area contributed by atoms with Crippen LogP contribution in [0.1, 0.15) is 67.9 Å². The number of fused-ring (bicyclic) bond motifs is 1. The van der Waals surface area contributed by atoms with Gasteiger partial charge < -0.3 is 19.3 Å². The number of benzene rings is 1. The van der Waals surface area contributed by atoms with Gasteiger partial charge in [-0.2, -0.15) is 0 Å². The van der Waals surface area contributed by atoms with E-state index in [1.54, 1.807) is 24.9 Å². The molecule has 214 valence electrons. The van der Waals surface area contributed by atoms with Crippen molar-refractivity contribution in [1.82, 2.24) is 24.3 Å². The molecule has 2 atom stereocenters. The molecule has 2 saturated heterocycles. The van der Waals surface area contributed by atoms with Crippen molar-refractivity contribution in [3.05, 3.63) is 59.3 Å². The monoisotopic (exact) mass is 547 g/mol. The van der Waals surface area contributed by atoms with Gasteiger partial charge in [-0.3, -0.25) is 14.6 Å². The fourth-order valence-corrected chi connectivity index (χ4v) is 6.54. The van der Waals surface area contributed by atoms with Crippen LogP contribution in [0.25, 0.3) is 16.6 Å². The maximum atomic E-state index is 14.4. The van der Waals surface area contributed by atoms with Crippen molar-refractivity contribution in [2.75, 3.05) is 33.2 Å². The van der Waals surface area contributed by atoms with E-state index in [4.69, 9.17) is 0 Å². The molecule has 0 spiro atoms. The molecule has 0 saturated carbocycles. The predicted molar refractivity (Wildman–Crippen MR) is 156 cm³/mol. The summed E-state index contributed by atoms with van der Waals surface area (Å²) in [6, 6.07) is 5.00. The molecule has 1 aromatic carbocycles. The highest BCUT2D eigenvalue weighted by molar-refractivity contribution is 5.99. The number of aryl methyl sites for hydroxylation is 1. The first-order chi connectivity index (χ1) is 19.1. The molecule has 2 aliphatic rings. The van der Waals surface area contributed by atoms with Crippen LogP contribution in [0, 0.1) is 18.7 Å². The van der Waals surface area contributed by atoms with Gasteiger partial charge >= 0.3 is 0 Å². The van der Waals surface area contributed by atoms with Gasteiger partial charge in [-0.25, -0.2) is 4.39 Å². The molecule has 40 heavy (non-hydrogen) atoms. The summed E-state index contributed by atoms with van der Waals surface area (Å²) in [4.78, 5) is 36.0. The summed E-state index contributed by atoms with van der Waals surface area (Å²) >= 11 is 0. The van der Waals surface area contributed by atoms with Crippen LogP contribution < -0.4 is 0 Å². The number of pyridine rings is 1. The molecule has 2 aromatic heterocycles. The first-order valence-corrected chi connectivity index (χ1v) is 14.6. The number of carbonyl (C=O) groups is 2. The Balaban J connectivity index is 1.42. The second-order valence-corrected chi connectivity index (χ2v) is 12.0. The van der Waals surface area contributed by atoms with Crippen molar-refractivity contribution < 1.29 is 14.0 Å². The Bertz CT molecular complexity index is 1400. The standard InChI is InChI=1S/C32H42FN5O2/c1-21(2)35(5)32(40)28-16-26(33)8-9-29(28)38-20-25(31-22(3)17-34-18-30(31)38)15-24-10-13-37(19-24)27-7-6-12-36(14-11-27)23(4)39/h8-9,16-18,20-21,24,27H,6-7,10-15,19H2,1-5H3/t24-,27?/m1/s1. The lowest BCUT2D eigenvalue weighted by molar-refractivity contribution is -0.128. The minimum atomic E-state index is -0.425. The van der Waals surface area contributed by atoms with Crippen molar-refractivity contribution in [3.63, 3.8) is 0 Å². The summed E-state index contributed by atoms with van der Waals surface area (Å²) < 4.78 is 16.4. The van der Waals surface area contributed by atoms with E-state index in [0.29, 0.717) is 23.2 Å². The lowest BCUT2D eigenvalue weighted by Crippen LogP contribution is -2.35. The van der Waals surface area contributed by atoms with Crippen LogP contribution in [0.5, 0.6) is 0 Å². The molecule has 0 aliphatic carbocycles. The van der Waals surface area contributed by atoms with Crippen LogP contribution in [0.15, 0.2) is 36.8 Å². The second-order valence-electron chi connectivity index (χ2n) is 12.0. The van der Waals surface area contributed by atoms with Crippen LogP contribution >= 0.6 is 0 Å². The number of rotatable bonds is 6. The molecule has 5 rings (SSSR count). The summed E-state index contributed by atoms with van der Waals surface area (Å²) in [6.07, 6.45) is 11.2. The maximum Gasteiger partial charge on any atom is 0.256 e. The molecule has 2 aliphatic heterocycles. The van der Waals surface area contributed by atoms with Crippen molar-refractivity contribution in [1.29, 1.82) is 0 Å². The highest BCUT2D eigenvalue weighted by Gasteiger charge is 2.31. The van der Waals surface area contributed by atoms with Crippen molar-refractivity contribution in [3.8, 4) is 5.69 Å². The van der Waals surface area contributed by atoms with Crippen LogP contribution in [0.3, 0.4) is 0 Å². The molecular weight excluding hydrogens is 505 g/mol. The van der Waals surface area contributed by atoms with Gasteiger partial charge in [0, 0.05) is 63.5 Å². The highest BCUT2D eigenvalue weighted by Crippen LogP contribution is 2.33. The van der Waals surface area contributed by atoms with Gasteiger partial charge in [0.15, 0.2) is 0 Å². The minimum absolute atomic E-state index is 0.00574. The average Bonchev–Trinajstić information content (AvgIpc) is 3.45. The number of carbonyl (C=O) groups excluding carboxylic acids is 2. The quantitative estimate of drug-likeness (QED) is 0.425. The van der Waals surface area contributed by atoms with E-state index in [9.17, 15) is 14.0 Å². The Labute approximate surface area is 236 Å². The van der Waals surface area contributed by atoms with Gasteiger partial charge in [-0.05, 0) is 94.7 Å². The third kappa shape index (κ3) is 5.64. The molecule has 1 unspecified atom stereocenters. The fraction of sp³-hybridized carbons (Fsp3) is 0.531. The number of amides is 2. The highest BCUT2D eigenvalue weighted by atomic mass is 19.1. The second kappa shape index (κ2) is 11.7. The molecule has 0 N–H and O–H groups in total. The predicted octanol–water partition coefficient (Wildman–Crippen LogP) is 5.22. The molecular formula is C32H42FN5O2. The molecule has 7 nitrogen and oxygen atoms in total. The first-order valence-electron chi connectivity index (χ1n) is 14.6. The lowest BCUT2D eigenvalue weighted by atomic mass is 9.97. The Kier molecular flexibility index (Phi) is 8.26. The normalized spacial score (nSPS) is 20.3. The van der Waals surface area contributed by atoms with E-state index < -0.39 is 5.82 Å². The van der Waals surface area contributed by atoms with E-state index in [-0.39, 0.29) is 17.9 Å². The molecule has 0 radical (unpaired) electrons. The number of aromatic nitrogens is 2. The van der Waals surface area contributed by atoms with Crippen molar-refractivity contribution >= 4 is 22.7 Å². The zero-order valence-corrected chi connectivity index (χ0v) is 24.5. The van der Waals surface area contributed by atoms with Crippen LogP contribution in [-0.4, -0.2) is 81.4 Å². The maximum absolute atomic E-state index is 14.4. The van der Waals surface area contributed by atoms with Crippen molar-refractivity contribution in [2.24, 2.45) is 5.92 Å². The van der Waals surface area contributed by atoms with Gasteiger partial charge in [0.1, 0.15) is 5.82 Å². The molecule has 3 aromatic rings. The third-order valence-corrected chi connectivity index (χ3v) is 9.01. The Morgan fingerprint density at radius 1 is 1.12 bits per heavy atom. The zero-order chi connectivity index (χ0) is 28.6. The van der Waals surface area contributed by atoms with Crippen molar-refractivity contribution in [2.45, 2.75) is 71.9 Å². The number of nitrogens with zero attached hydrogens (tertiary/aromatic N) is 5. The zero-order valence-electron chi connectivity index (χ0n) is 24.5. The van der Waals surface area contributed by atoms with E-state index >= 15 is 0 Å². The summed E-state index contributed by atoms with van der Waals surface area (Å²) in [5.41, 5.74) is 4.30. The number of hydrogen-bond donors (Lipinski definition) is 0. The van der Waals surface area contributed by atoms with E-state index in [0.717, 1.165) is 69.4 Å². The van der Waals surface area contributed by atoms with Gasteiger partial charge in [-0.15, -0.1) is 0 Å². The molecule has 4 heterocycles. The molecule has 2 amide bonds. The minimum Gasteiger partial charge on any atom is -0.343 e. The lowest BCUT2D eigenvalue weighted by Gasteiger charge is -2.27. The largest absolute Gasteiger partial charge is 0.343 e. The smallest absolute Gasteiger partial charge is 0.256 e. The first kappa shape index (κ1) is 28.3. The molecule has 8 heteroatoms. The van der Waals surface area contributed by atoms with Gasteiger partial charge in [0.2, 0.25) is 5.91 Å². The van der Waals surface area contributed by atoms with Crippen LogP contribution in [0.4, 0.5) is 4.39 Å². The fourth-order valence-electron chi connectivity index (χ4n) is 6.54. The summed E-state index contributed by atoms with van der Waals surface area (Å²) in [6.45, 7) is 11.5. The topological polar surface area (TPSA) is 61.7 Å². The van der Waals surface area contributed by atoms with Gasteiger partial charge in [0.25, 0.3) is 5.91 Å². The summed E-state index contributed by atoms with van der Waals surface area (Å²) in [5, 5.41) is 1.17. The number of likely N-dealkylation sites (tertiary alicyclic amines) is 2.